The van der Waals surface area contributed by atoms with Crippen LogP contribution in [0, 0.1) is 0 Å². The van der Waals surface area contributed by atoms with Crippen LogP contribution in [0.3, 0.4) is 0 Å². The Morgan fingerprint density at radius 1 is 1.35 bits per heavy atom. The topological polar surface area (TPSA) is 52.9 Å². The van der Waals surface area contributed by atoms with Gasteiger partial charge in [-0.1, -0.05) is 27.5 Å². The number of thioether (sulfide) groups is 1. The number of benzene rings is 1. The van der Waals surface area contributed by atoms with Crippen LogP contribution in [0.2, 0.25) is 5.02 Å². The fourth-order valence-corrected chi connectivity index (χ4v) is 4.15. The predicted molar refractivity (Wildman–Crippen MR) is 101 cm³/mol. The summed E-state index contributed by atoms with van der Waals surface area (Å²) in [5, 5.41) is 11.0. The number of amides is 1. The SMILES string of the molecule is CC(C)N=C1S/C(=C\c2cc(Br)cc(Cl)c2O)C(=O)N1C(C)C. The number of amidine groups is 1. The van der Waals surface area contributed by atoms with Gasteiger partial charge in [0.15, 0.2) is 5.17 Å². The Balaban J connectivity index is 2.47. The molecule has 0 saturated carbocycles. The van der Waals surface area contributed by atoms with E-state index in [0.717, 1.165) is 4.47 Å². The average Bonchev–Trinajstić information content (AvgIpc) is 2.70. The summed E-state index contributed by atoms with van der Waals surface area (Å²) < 4.78 is 0.736. The van der Waals surface area contributed by atoms with Gasteiger partial charge in [-0.25, -0.2) is 0 Å². The minimum Gasteiger partial charge on any atom is -0.506 e. The van der Waals surface area contributed by atoms with Crippen LogP contribution in [0.5, 0.6) is 5.75 Å². The highest BCUT2D eigenvalue weighted by molar-refractivity contribution is 9.10. The van der Waals surface area contributed by atoms with E-state index in [-0.39, 0.29) is 28.8 Å². The van der Waals surface area contributed by atoms with Gasteiger partial charge >= 0.3 is 0 Å². The Kier molecular flexibility index (Phi) is 5.81. The van der Waals surface area contributed by atoms with E-state index in [1.807, 2.05) is 27.7 Å². The Bertz CT molecular complexity index is 702. The zero-order valence-corrected chi connectivity index (χ0v) is 16.5. The van der Waals surface area contributed by atoms with Crippen molar-refractivity contribution in [1.82, 2.24) is 4.90 Å². The summed E-state index contributed by atoms with van der Waals surface area (Å²) in [4.78, 5) is 19.4. The lowest BCUT2D eigenvalue weighted by Gasteiger charge is -2.20. The highest BCUT2D eigenvalue weighted by Crippen LogP contribution is 2.38. The number of carbonyl (C=O) groups is 1. The van der Waals surface area contributed by atoms with E-state index in [9.17, 15) is 9.90 Å². The molecule has 4 nitrogen and oxygen atoms in total. The predicted octanol–water partition coefficient (Wildman–Crippen LogP) is 4.90. The quantitative estimate of drug-likeness (QED) is 0.712. The van der Waals surface area contributed by atoms with Crippen LogP contribution < -0.4 is 0 Å². The number of hydrogen-bond donors (Lipinski definition) is 1. The zero-order valence-electron chi connectivity index (χ0n) is 13.3. The second-order valence-corrected chi connectivity index (χ2v) is 8.04. The number of nitrogens with zero attached hydrogens (tertiary/aromatic N) is 2. The van der Waals surface area contributed by atoms with E-state index in [4.69, 9.17) is 11.6 Å². The van der Waals surface area contributed by atoms with Crippen molar-refractivity contribution in [3.63, 3.8) is 0 Å². The minimum atomic E-state index is -0.111. The summed E-state index contributed by atoms with van der Waals surface area (Å²) >= 11 is 10.6. The van der Waals surface area contributed by atoms with Crippen LogP contribution in [-0.4, -0.2) is 33.2 Å². The fraction of sp³-hybridized carbons (Fsp3) is 0.375. The maximum absolute atomic E-state index is 12.7. The van der Waals surface area contributed by atoms with Gasteiger partial charge in [-0.15, -0.1) is 0 Å². The number of phenolic OH excluding ortho intramolecular Hbond substituents is 1. The molecule has 1 saturated heterocycles. The number of hydrogen-bond acceptors (Lipinski definition) is 4. The number of carbonyl (C=O) groups excluding carboxylic acids is 1. The molecule has 0 aliphatic carbocycles. The monoisotopic (exact) mass is 416 g/mol. The van der Waals surface area contributed by atoms with Crippen LogP contribution in [-0.2, 0) is 4.79 Å². The molecule has 1 aliphatic rings. The first-order valence-electron chi connectivity index (χ1n) is 7.19. The normalized spacial score (nSPS) is 19.0. The standard InChI is InChI=1S/C16H18BrClN2O2S/c1-8(2)19-16-20(9(3)4)15(22)13(23-16)6-10-5-11(17)7-12(18)14(10)21/h5-9,21H,1-4H3/b13-6-,19-16?. The minimum absolute atomic E-state index is 0.0121. The third-order valence-corrected chi connectivity index (χ3v) is 4.81. The second kappa shape index (κ2) is 7.28. The maximum Gasteiger partial charge on any atom is 0.266 e. The molecule has 0 unspecified atom stereocenters. The first-order valence-corrected chi connectivity index (χ1v) is 9.18. The van der Waals surface area contributed by atoms with Gasteiger partial charge in [-0.3, -0.25) is 14.7 Å². The number of phenols is 1. The average molecular weight is 418 g/mol. The second-order valence-electron chi connectivity index (χ2n) is 5.71. The lowest BCUT2D eigenvalue weighted by atomic mass is 10.2. The first-order chi connectivity index (χ1) is 10.7. The van der Waals surface area contributed by atoms with Crippen molar-refractivity contribution in [2.75, 3.05) is 0 Å². The first kappa shape index (κ1) is 18.4. The van der Waals surface area contributed by atoms with Crippen LogP contribution in [0.1, 0.15) is 33.3 Å². The maximum atomic E-state index is 12.7. The van der Waals surface area contributed by atoms with Gasteiger partial charge in [0.25, 0.3) is 5.91 Å². The zero-order chi connectivity index (χ0) is 17.3. The molecule has 0 aromatic heterocycles. The van der Waals surface area contributed by atoms with Crippen molar-refractivity contribution in [3.05, 3.63) is 32.1 Å². The molecule has 0 spiro atoms. The molecule has 1 aromatic carbocycles. The molecular formula is C16H18BrClN2O2S. The Morgan fingerprint density at radius 3 is 2.57 bits per heavy atom. The van der Waals surface area contributed by atoms with E-state index in [0.29, 0.717) is 15.6 Å². The van der Waals surface area contributed by atoms with Crippen molar-refractivity contribution in [1.29, 1.82) is 0 Å². The molecule has 2 rings (SSSR count). The van der Waals surface area contributed by atoms with Gasteiger partial charge in [0, 0.05) is 22.1 Å². The molecule has 23 heavy (non-hydrogen) atoms. The summed E-state index contributed by atoms with van der Waals surface area (Å²) in [6, 6.07) is 3.44. The summed E-state index contributed by atoms with van der Waals surface area (Å²) in [5.74, 6) is -0.152. The van der Waals surface area contributed by atoms with Gasteiger partial charge in [0.1, 0.15) is 5.75 Å². The van der Waals surface area contributed by atoms with Crippen molar-refractivity contribution in [3.8, 4) is 5.75 Å². The van der Waals surface area contributed by atoms with E-state index < -0.39 is 0 Å². The van der Waals surface area contributed by atoms with Crippen molar-refractivity contribution in [2.24, 2.45) is 4.99 Å². The van der Waals surface area contributed by atoms with Gasteiger partial charge in [0.2, 0.25) is 0 Å². The van der Waals surface area contributed by atoms with Crippen molar-refractivity contribution >= 4 is 56.4 Å². The van der Waals surface area contributed by atoms with Gasteiger partial charge in [-0.05, 0) is 57.7 Å². The third kappa shape index (κ3) is 4.11. The number of halogens is 2. The molecule has 0 bridgehead atoms. The molecule has 1 N–H and O–H groups in total. The van der Waals surface area contributed by atoms with E-state index >= 15 is 0 Å². The van der Waals surface area contributed by atoms with E-state index in [2.05, 4.69) is 20.9 Å². The van der Waals surface area contributed by atoms with E-state index in [1.165, 1.54) is 11.8 Å². The Labute approximate surface area is 153 Å². The molecule has 1 fully saturated rings. The summed E-state index contributed by atoms with van der Waals surface area (Å²) in [7, 11) is 0. The van der Waals surface area contributed by atoms with Crippen molar-refractivity contribution < 1.29 is 9.90 Å². The highest BCUT2D eigenvalue weighted by atomic mass is 79.9. The fourth-order valence-electron chi connectivity index (χ4n) is 2.09. The van der Waals surface area contributed by atoms with Crippen LogP contribution >= 0.6 is 39.3 Å². The van der Waals surface area contributed by atoms with E-state index in [1.54, 1.807) is 23.1 Å². The van der Waals surface area contributed by atoms with Crippen LogP contribution in [0.15, 0.2) is 26.5 Å². The molecule has 1 aliphatic heterocycles. The van der Waals surface area contributed by atoms with Gasteiger partial charge < -0.3 is 5.11 Å². The van der Waals surface area contributed by atoms with Crippen LogP contribution in [0.4, 0.5) is 0 Å². The smallest absolute Gasteiger partial charge is 0.266 e. The number of rotatable bonds is 3. The van der Waals surface area contributed by atoms with Gasteiger partial charge in [-0.2, -0.15) is 0 Å². The molecule has 124 valence electrons. The Hall–Kier alpha value is -0.980. The largest absolute Gasteiger partial charge is 0.506 e. The number of aromatic hydroxyl groups is 1. The Morgan fingerprint density at radius 2 is 2.00 bits per heavy atom. The van der Waals surface area contributed by atoms with Crippen molar-refractivity contribution in [2.45, 2.75) is 39.8 Å². The molecule has 0 atom stereocenters. The highest BCUT2D eigenvalue weighted by Gasteiger charge is 2.35. The molecule has 1 heterocycles. The lowest BCUT2D eigenvalue weighted by Crippen LogP contribution is -2.35. The van der Waals surface area contributed by atoms with Crippen LogP contribution in [0.25, 0.3) is 6.08 Å². The molecule has 7 heteroatoms. The molecule has 0 radical (unpaired) electrons. The number of aliphatic imine (C=N–C) groups is 1. The molecular weight excluding hydrogens is 400 g/mol. The molecule has 1 aromatic rings. The van der Waals surface area contributed by atoms with Gasteiger partial charge in [0.05, 0.1) is 9.93 Å². The summed E-state index contributed by atoms with van der Waals surface area (Å²) in [5.41, 5.74) is 0.495. The summed E-state index contributed by atoms with van der Waals surface area (Å²) in [6.45, 7) is 7.84. The third-order valence-electron chi connectivity index (χ3n) is 3.07. The lowest BCUT2D eigenvalue weighted by molar-refractivity contribution is -0.123. The molecule has 1 amide bonds. The summed E-state index contributed by atoms with van der Waals surface area (Å²) in [6.07, 6.45) is 1.65.